The quantitative estimate of drug-likeness (QED) is 0.725. The molecule has 2 N–H and O–H groups in total. The van der Waals surface area contributed by atoms with Crippen molar-refractivity contribution in [3.05, 3.63) is 36.2 Å². The maximum Gasteiger partial charge on any atom is 0.410 e. The molecule has 0 bridgehead atoms. The average Bonchev–Trinajstić information content (AvgIpc) is 2.76. The molecule has 0 aliphatic carbocycles. The third-order valence-corrected chi connectivity index (χ3v) is 4.93. The Morgan fingerprint density at radius 3 is 2.35 bits per heavy atom. The van der Waals surface area contributed by atoms with E-state index in [0.29, 0.717) is 32.7 Å². The van der Waals surface area contributed by atoms with Crippen molar-refractivity contribution in [3.63, 3.8) is 0 Å². The minimum Gasteiger partial charge on any atom is -0.497 e. The fourth-order valence-electron chi connectivity index (χ4n) is 3.34. The van der Waals surface area contributed by atoms with E-state index in [1.54, 1.807) is 18.3 Å². The molecule has 1 fully saturated rings. The van der Waals surface area contributed by atoms with Crippen LogP contribution in [0.3, 0.4) is 0 Å². The molecule has 9 nitrogen and oxygen atoms in total. The Morgan fingerprint density at radius 1 is 1.10 bits per heavy atom. The number of ether oxygens (including phenoxy) is 2. The Balaban J connectivity index is 1.65. The molecule has 2 heterocycles. The molecule has 1 aliphatic rings. The van der Waals surface area contributed by atoms with Gasteiger partial charge in [0.05, 0.1) is 7.11 Å². The molecule has 1 aromatic heterocycles. The fraction of sp³-hybridized carbons (Fsp3) is 0.500. The number of benzene rings is 1. The van der Waals surface area contributed by atoms with Crippen LogP contribution in [0.15, 0.2) is 30.6 Å². The standard InChI is InChI=1S/C22H32N6O3/c1-22(2,3)31-21(29)28-12-10-27(11-13-28)20-18(23-4)19(25-15-26-20)24-14-16-6-8-17(30-5)9-7-16/h6-9,15,23H,10-14H2,1-5H3,(H,24,25,26). The first-order valence-corrected chi connectivity index (χ1v) is 10.4. The van der Waals surface area contributed by atoms with Gasteiger partial charge >= 0.3 is 6.09 Å². The van der Waals surface area contributed by atoms with Crippen LogP contribution < -0.4 is 20.3 Å². The highest BCUT2D eigenvalue weighted by atomic mass is 16.6. The van der Waals surface area contributed by atoms with Crippen molar-refractivity contribution in [1.29, 1.82) is 0 Å². The maximum atomic E-state index is 12.3. The van der Waals surface area contributed by atoms with Crippen molar-refractivity contribution in [2.45, 2.75) is 32.9 Å². The van der Waals surface area contributed by atoms with Gasteiger partial charge in [0.2, 0.25) is 0 Å². The number of aromatic nitrogens is 2. The second-order valence-corrected chi connectivity index (χ2v) is 8.33. The highest BCUT2D eigenvalue weighted by Crippen LogP contribution is 2.30. The summed E-state index contributed by atoms with van der Waals surface area (Å²) in [6.45, 7) is 8.76. The Morgan fingerprint density at radius 2 is 1.77 bits per heavy atom. The van der Waals surface area contributed by atoms with Crippen LogP contribution in [-0.2, 0) is 11.3 Å². The molecular weight excluding hydrogens is 396 g/mol. The number of nitrogens with one attached hydrogen (secondary N) is 2. The highest BCUT2D eigenvalue weighted by molar-refractivity contribution is 5.78. The normalized spacial score (nSPS) is 14.2. The van der Waals surface area contributed by atoms with Crippen LogP contribution in [0.25, 0.3) is 0 Å². The van der Waals surface area contributed by atoms with Crippen LogP contribution in [0.4, 0.5) is 22.1 Å². The molecule has 2 aromatic rings. The first kappa shape index (κ1) is 22.5. The van der Waals surface area contributed by atoms with Gasteiger partial charge in [-0.2, -0.15) is 0 Å². The maximum absolute atomic E-state index is 12.3. The van der Waals surface area contributed by atoms with E-state index in [2.05, 4.69) is 25.5 Å². The summed E-state index contributed by atoms with van der Waals surface area (Å²) in [6.07, 6.45) is 1.29. The van der Waals surface area contributed by atoms with E-state index >= 15 is 0 Å². The predicted octanol–water partition coefficient (Wildman–Crippen LogP) is 3.20. The van der Waals surface area contributed by atoms with Gasteiger partial charge in [-0.05, 0) is 38.5 Å². The summed E-state index contributed by atoms with van der Waals surface area (Å²) in [5.41, 5.74) is 1.46. The second kappa shape index (κ2) is 9.72. The molecule has 1 saturated heterocycles. The summed E-state index contributed by atoms with van der Waals surface area (Å²) in [5, 5.41) is 6.61. The number of carbonyl (C=O) groups excluding carboxylic acids is 1. The van der Waals surface area contributed by atoms with Gasteiger partial charge in [-0.3, -0.25) is 0 Å². The number of anilines is 3. The van der Waals surface area contributed by atoms with Crippen molar-refractivity contribution in [3.8, 4) is 5.75 Å². The number of hydrogen-bond donors (Lipinski definition) is 2. The minimum atomic E-state index is -0.495. The number of hydrogen-bond acceptors (Lipinski definition) is 8. The van der Waals surface area contributed by atoms with E-state index in [4.69, 9.17) is 9.47 Å². The van der Waals surface area contributed by atoms with Crippen molar-refractivity contribution in [2.75, 3.05) is 55.9 Å². The molecular formula is C22H32N6O3. The van der Waals surface area contributed by atoms with E-state index in [1.807, 2.05) is 52.1 Å². The zero-order valence-corrected chi connectivity index (χ0v) is 18.9. The minimum absolute atomic E-state index is 0.273. The largest absolute Gasteiger partial charge is 0.497 e. The monoisotopic (exact) mass is 428 g/mol. The van der Waals surface area contributed by atoms with E-state index < -0.39 is 5.60 Å². The van der Waals surface area contributed by atoms with E-state index in [-0.39, 0.29) is 6.09 Å². The zero-order valence-electron chi connectivity index (χ0n) is 18.9. The molecule has 1 aliphatic heterocycles. The van der Waals surface area contributed by atoms with Crippen LogP contribution in [-0.4, -0.2) is 66.9 Å². The van der Waals surface area contributed by atoms with Crippen LogP contribution in [0.2, 0.25) is 0 Å². The zero-order chi connectivity index (χ0) is 22.4. The van der Waals surface area contributed by atoms with Crippen LogP contribution in [0, 0.1) is 0 Å². The van der Waals surface area contributed by atoms with Crippen molar-refractivity contribution in [1.82, 2.24) is 14.9 Å². The summed E-state index contributed by atoms with van der Waals surface area (Å²) in [7, 11) is 3.51. The Labute approximate surface area is 183 Å². The lowest BCUT2D eigenvalue weighted by atomic mass is 10.2. The molecule has 0 saturated carbocycles. The first-order valence-electron chi connectivity index (χ1n) is 10.4. The number of amides is 1. The van der Waals surface area contributed by atoms with E-state index in [1.165, 1.54) is 0 Å². The molecule has 9 heteroatoms. The van der Waals surface area contributed by atoms with Crippen LogP contribution in [0.5, 0.6) is 5.75 Å². The molecule has 0 spiro atoms. The number of nitrogens with zero attached hydrogens (tertiary/aromatic N) is 4. The number of carbonyl (C=O) groups is 1. The lowest BCUT2D eigenvalue weighted by Crippen LogP contribution is -2.50. The van der Waals surface area contributed by atoms with Crippen molar-refractivity contribution >= 4 is 23.4 Å². The van der Waals surface area contributed by atoms with Crippen LogP contribution >= 0.6 is 0 Å². The Bertz CT molecular complexity index is 874. The van der Waals surface area contributed by atoms with Crippen molar-refractivity contribution in [2.24, 2.45) is 0 Å². The van der Waals surface area contributed by atoms with E-state index in [9.17, 15) is 4.79 Å². The summed E-state index contributed by atoms with van der Waals surface area (Å²) in [4.78, 5) is 25.1. The lowest BCUT2D eigenvalue weighted by Gasteiger charge is -2.36. The van der Waals surface area contributed by atoms with Gasteiger partial charge < -0.3 is 29.9 Å². The van der Waals surface area contributed by atoms with Gasteiger partial charge in [0, 0.05) is 39.8 Å². The number of methoxy groups -OCH3 is 1. The second-order valence-electron chi connectivity index (χ2n) is 8.33. The van der Waals surface area contributed by atoms with E-state index in [0.717, 1.165) is 28.6 Å². The van der Waals surface area contributed by atoms with Gasteiger partial charge in [0.25, 0.3) is 0 Å². The smallest absolute Gasteiger partial charge is 0.410 e. The topological polar surface area (TPSA) is 91.9 Å². The van der Waals surface area contributed by atoms with Gasteiger partial charge in [0.15, 0.2) is 11.6 Å². The number of piperazine rings is 1. The summed E-state index contributed by atoms with van der Waals surface area (Å²) in [5.74, 6) is 2.38. The lowest BCUT2D eigenvalue weighted by molar-refractivity contribution is 0.0240. The molecule has 0 unspecified atom stereocenters. The first-order chi connectivity index (χ1) is 14.8. The molecule has 1 aromatic carbocycles. The van der Waals surface area contributed by atoms with Crippen molar-refractivity contribution < 1.29 is 14.3 Å². The summed E-state index contributed by atoms with van der Waals surface area (Å²) < 4.78 is 10.7. The van der Waals surface area contributed by atoms with Gasteiger partial charge in [-0.25, -0.2) is 14.8 Å². The predicted molar refractivity (Wildman–Crippen MR) is 122 cm³/mol. The Kier molecular flexibility index (Phi) is 7.04. The van der Waals surface area contributed by atoms with Crippen LogP contribution in [0.1, 0.15) is 26.3 Å². The third-order valence-electron chi connectivity index (χ3n) is 4.93. The van der Waals surface area contributed by atoms with Gasteiger partial charge in [-0.1, -0.05) is 12.1 Å². The highest BCUT2D eigenvalue weighted by Gasteiger charge is 2.27. The van der Waals surface area contributed by atoms with Gasteiger partial charge in [-0.15, -0.1) is 0 Å². The molecule has 3 rings (SSSR count). The SMILES string of the molecule is CNc1c(NCc2ccc(OC)cc2)ncnc1N1CCN(C(=O)OC(C)(C)C)CC1. The molecule has 0 atom stereocenters. The average molecular weight is 429 g/mol. The molecule has 0 radical (unpaired) electrons. The summed E-state index contributed by atoms with van der Waals surface area (Å²) in [6, 6.07) is 7.91. The Hall–Kier alpha value is -3.23. The molecule has 1 amide bonds. The van der Waals surface area contributed by atoms with Gasteiger partial charge in [0.1, 0.15) is 23.4 Å². The molecule has 168 valence electrons. The number of rotatable bonds is 6. The molecule has 31 heavy (non-hydrogen) atoms. The fourth-order valence-corrected chi connectivity index (χ4v) is 3.34. The third kappa shape index (κ3) is 5.90. The summed E-state index contributed by atoms with van der Waals surface area (Å²) >= 11 is 0.